The highest BCUT2D eigenvalue weighted by Crippen LogP contribution is 2.29. The fourth-order valence-corrected chi connectivity index (χ4v) is 1.52. The molecule has 2 rings (SSSR count). The van der Waals surface area contributed by atoms with Gasteiger partial charge in [0.05, 0.1) is 0 Å². The smallest absolute Gasteiger partial charge is 0.220 e. The highest BCUT2D eigenvalue weighted by Gasteiger charge is 2.18. The molecule has 3 nitrogen and oxygen atoms in total. The van der Waals surface area contributed by atoms with E-state index in [4.69, 9.17) is 5.73 Å². The predicted molar refractivity (Wildman–Crippen MR) is 47.5 cm³/mol. The van der Waals surface area contributed by atoms with Gasteiger partial charge in [0.2, 0.25) is 5.95 Å². The van der Waals surface area contributed by atoms with Gasteiger partial charge in [-0.15, -0.1) is 0 Å². The van der Waals surface area contributed by atoms with E-state index in [0.29, 0.717) is 5.95 Å². The second-order valence-electron chi connectivity index (χ2n) is 3.41. The number of nitrogens with two attached hydrogens (primary N) is 1. The average molecular weight is 163 g/mol. The maximum Gasteiger partial charge on any atom is 0.220 e. The van der Waals surface area contributed by atoms with Crippen molar-refractivity contribution in [2.24, 2.45) is 5.92 Å². The molecule has 3 heteroatoms. The van der Waals surface area contributed by atoms with Crippen molar-refractivity contribution in [2.45, 2.75) is 25.7 Å². The van der Waals surface area contributed by atoms with Crippen LogP contribution in [0.15, 0.2) is 12.3 Å². The van der Waals surface area contributed by atoms with E-state index < -0.39 is 0 Å². The van der Waals surface area contributed by atoms with Gasteiger partial charge in [-0.2, -0.15) is 0 Å². The van der Waals surface area contributed by atoms with Gasteiger partial charge in [-0.05, 0) is 18.4 Å². The topological polar surface area (TPSA) is 51.8 Å². The highest BCUT2D eigenvalue weighted by molar-refractivity contribution is 5.17. The van der Waals surface area contributed by atoms with Crippen LogP contribution in [0.1, 0.15) is 25.0 Å². The van der Waals surface area contributed by atoms with Crippen molar-refractivity contribution in [1.29, 1.82) is 0 Å². The summed E-state index contributed by atoms with van der Waals surface area (Å²) in [4.78, 5) is 8.02. The molecule has 1 fully saturated rings. The Morgan fingerprint density at radius 3 is 2.92 bits per heavy atom. The summed E-state index contributed by atoms with van der Waals surface area (Å²) in [5, 5.41) is 0. The fraction of sp³-hybridized carbons (Fsp3) is 0.556. The van der Waals surface area contributed by atoms with Gasteiger partial charge in [0.25, 0.3) is 0 Å². The molecule has 0 radical (unpaired) electrons. The third kappa shape index (κ3) is 1.55. The summed E-state index contributed by atoms with van der Waals surface area (Å²) >= 11 is 0. The van der Waals surface area contributed by atoms with Crippen molar-refractivity contribution >= 4 is 5.95 Å². The lowest BCUT2D eigenvalue weighted by Crippen LogP contribution is -2.14. The zero-order valence-electron chi connectivity index (χ0n) is 7.03. The average Bonchev–Trinajstić information content (AvgIpc) is 1.97. The van der Waals surface area contributed by atoms with E-state index in [1.165, 1.54) is 19.3 Å². The number of hydrogen-bond donors (Lipinski definition) is 1. The van der Waals surface area contributed by atoms with Crippen molar-refractivity contribution in [3.63, 3.8) is 0 Å². The van der Waals surface area contributed by atoms with Crippen LogP contribution in [0.5, 0.6) is 0 Å². The van der Waals surface area contributed by atoms with Gasteiger partial charge in [0.1, 0.15) is 0 Å². The maximum absolute atomic E-state index is 5.47. The summed E-state index contributed by atoms with van der Waals surface area (Å²) in [5.74, 6) is 1.24. The van der Waals surface area contributed by atoms with Crippen molar-refractivity contribution in [1.82, 2.24) is 9.97 Å². The lowest BCUT2D eigenvalue weighted by molar-refractivity contribution is 0.312. The Morgan fingerprint density at radius 1 is 1.50 bits per heavy atom. The van der Waals surface area contributed by atoms with Gasteiger partial charge in [-0.3, -0.25) is 0 Å². The van der Waals surface area contributed by atoms with Crippen LogP contribution < -0.4 is 5.73 Å². The van der Waals surface area contributed by atoms with E-state index in [9.17, 15) is 0 Å². The molecule has 0 saturated heterocycles. The predicted octanol–water partition coefficient (Wildman–Crippen LogP) is 1.40. The molecule has 0 aromatic carbocycles. The van der Waals surface area contributed by atoms with Crippen LogP contribution >= 0.6 is 0 Å². The minimum absolute atomic E-state index is 0.395. The first kappa shape index (κ1) is 7.53. The van der Waals surface area contributed by atoms with Gasteiger partial charge in [-0.25, -0.2) is 9.97 Å². The summed E-state index contributed by atoms with van der Waals surface area (Å²) in [6.07, 6.45) is 6.89. The fourth-order valence-electron chi connectivity index (χ4n) is 1.52. The molecule has 1 heterocycles. The Balaban J connectivity index is 2.02. The minimum Gasteiger partial charge on any atom is -0.368 e. The second kappa shape index (κ2) is 3.09. The van der Waals surface area contributed by atoms with Crippen molar-refractivity contribution < 1.29 is 0 Å². The molecule has 0 aliphatic heterocycles. The Hall–Kier alpha value is -1.12. The molecular weight excluding hydrogens is 150 g/mol. The van der Waals surface area contributed by atoms with E-state index in [2.05, 4.69) is 9.97 Å². The van der Waals surface area contributed by atoms with E-state index >= 15 is 0 Å². The first-order valence-corrected chi connectivity index (χ1v) is 4.42. The monoisotopic (exact) mass is 163 g/mol. The Kier molecular flexibility index (Phi) is 1.94. The van der Waals surface area contributed by atoms with Crippen molar-refractivity contribution in [3.05, 3.63) is 18.0 Å². The third-order valence-electron chi connectivity index (χ3n) is 2.45. The number of nitrogens with zero attached hydrogens (tertiary/aromatic N) is 2. The number of hydrogen-bond acceptors (Lipinski definition) is 3. The number of aromatic nitrogens is 2. The summed E-state index contributed by atoms with van der Waals surface area (Å²) in [6, 6.07) is 1.95. The standard InChI is InChI=1S/C9H13N3/c10-9-11-5-4-8(12-9)6-7-2-1-3-7/h4-5,7H,1-3,6H2,(H2,10,11,12). The van der Waals surface area contributed by atoms with Gasteiger partial charge in [-0.1, -0.05) is 19.3 Å². The Labute approximate surface area is 72.0 Å². The molecular formula is C9H13N3. The second-order valence-corrected chi connectivity index (χ2v) is 3.41. The van der Waals surface area contributed by atoms with Gasteiger partial charge in [0.15, 0.2) is 0 Å². The van der Waals surface area contributed by atoms with Gasteiger partial charge < -0.3 is 5.73 Å². The molecule has 64 valence electrons. The molecule has 2 N–H and O–H groups in total. The van der Waals surface area contributed by atoms with Crippen LogP contribution in [-0.4, -0.2) is 9.97 Å². The zero-order chi connectivity index (χ0) is 8.39. The highest BCUT2D eigenvalue weighted by atomic mass is 15.0. The molecule has 1 aromatic heterocycles. The van der Waals surface area contributed by atoms with Crippen LogP contribution in [-0.2, 0) is 6.42 Å². The largest absolute Gasteiger partial charge is 0.368 e. The maximum atomic E-state index is 5.47. The Bertz CT molecular complexity index is 268. The van der Waals surface area contributed by atoms with Crippen molar-refractivity contribution in [3.8, 4) is 0 Å². The normalized spacial score (nSPS) is 17.3. The van der Waals surface area contributed by atoms with Gasteiger partial charge >= 0.3 is 0 Å². The molecule has 0 bridgehead atoms. The number of nitrogen functional groups attached to an aromatic ring is 1. The molecule has 0 unspecified atom stereocenters. The lowest BCUT2D eigenvalue weighted by atomic mass is 9.82. The van der Waals surface area contributed by atoms with E-state index in [1.807, 2.05) is 6.07 Å². The summed E-state index contributed by atoms with van der Waals surface area (Å²) in [7, 11) is 0. The van der Waals surface area contributed by atoms with Gasteiger partial charge in [0, 0.05) is 11.9 Å². The zero-order valence-corrected chi connectivity index (χ0v) is 7.03. The van der Waals surface area contributed by atoms with E-state index in [-0.39, 0.29) is 0 Å². The molecule has 1 saturated carbocycles. The SMILES string of the molecule is Nc1nccc(CC2CCC2)n1. The molecule has 12 heavy (non-hydrogen) atoms. The first-order valence-electron chi connectivity index (χ1n) is 4.42. The Morgan fingerprint density at radius 2 is 2.33 bits per heavy atom. The summed E-state index contributed by atoms with van der Waals surface area (Å²) in [5.41, 5.74) is 6.56. The van der Waals surface area contributed by atoms with Crippen LogP contribution in [0.4, 0.5) is 5.95 Å². The van der Waals surface area contributed by atoms with Crippen LogP contribution in [0.3, 0.4) is 0 Å². The minimum atomic E-state index is 0.395. The summed E-state index contributed by atoms with van der Waals surface area (Å²) < 4.78 is 0. The number of rotatable bonds is 2. The van der Waals surface area contributed by atoms with Crippen LogP contribution in [0.2, 0.25) is 0 Å². The van der Waals surface area contributed by atoms with Crippen LogP contribution in [0.25, 0.3) is 0 Å². The van der Waals surface area contributed by atoms with E-state index in [0.717, 1.165) is 18.0 Å². The molecule has 1 aliphatic rings. The molecule has 0 spiro atoms. The molecule has 1 aromatic rings. The molecule has 0 amide bonds. The van der Waals surface area contributed by atoms with Crippen LogP contribution in [0, 0.1) is 5.92 Å². The van der Waals surface area contributed by atoms with Crippen molar-refractivity contribution in [2.75, 3.05) is 5.73 Å². The molecule has 0 atom stereocenters. The molecule has 1 aliphatic carbocycles. The number of anilines is 1. The third-order valence-corrected chi connectivity index (χ3v) is 2.45. The quantitative estimate of drug-likeness (QED) is 0.717. The summed E-state index contributed by atoms with van der Waals surface area (Å²) in [6.45, 7) is 0. The van der Waals surface area contributed by atoms with E-state index in [1.54, 1.807) is 6.20 Å². The lowest BCUT2D eigenvalue weighted by Gasteiger charge is -2.24. The first-order chi connectivity index (χ1) is 5.84.